The first kappa shape index (κ1) is 6.21. The van der Waals surface area contributed by atoms with Gasteiger partial charge < -0.3 is 14.4 Å². The Labute approximate surface area is 61.6 Å². The number of nitrogens with zero attached hydrogens (tertiary/aromatic N) is 1. The van der Waals surface area contributed by atoms with Crippen molar-refractivity contribution in [3.63, 3.8) is 0 Å². The summed E-state index contributed by atoms with van der Waals surface area (Å²) in [5.41, 5.74) is 0.567. The summed E-state index contributed by atoms with van der Waals surface area (Å²) in [6.45, 7) is 0.494. The first-order chi connectivity index (χ1) is 5.29. The van der Waals surface area contributed by atoms with E-state index in [-0.39, 0.29) is 5.76 Å². The van der Waals surface area contributed by atoms with Crippen LogP contribution in [0.15, 0.2) is 4.52 Å². The first-order valence-electron chi connectivity index (χ1n) is 3.13. The highest BCUT2D eigenvalue weighted by Crippen LogP contribution is 2.26. The zero-order valence-electron chi connectivity index (χ0n) is 5.53. The fourth-order valence-corrected chi connectivity index (χ4v) is 1.05. The minimum absolute atomic E-state index is 0.0995. The first-order valence-corrected chi connectivity index (χ1v) is 3.13. The number of hydrogen-bond donors (Lipinski definition) is 1. The van der Waals surface area contributed by atoms with Crippen LogP contribution in [-0.2, 0) is 6.42 Å². The Kier molecular flexibility index (Phi) is 1.12. The van der Waals surface area contributed by atoms with Gasteiger partial charge in [-0.25, -0.2) is 4.79 Å². The van der Waals surface area contributed by atoms with E-state index in [0.29, 0.717) is 24.5 Å². The van der Waals surface area contributed by atoms with E-state index in [4.69, 9.17) is 9.84 Å². The molecule has 0 saturated carbocycles. The number of hydrogen-bond acceptors (Lipinski definition) is 4. The molecule has 2 rings (SSSR count). The molecule has 58 valence electrons. The van der Waals surface area contributed by atoms with Crippen LogP contribution in [0.5, 0.6) is 5.88 Å². The summed E-state index contributed by atoms with van der Waals surface area (Å²) in [5.74, 6) is -0.871. The van der Waals surface area contributed by atoms with E-state index in [1.54, 1.807) is 0 Å². The number of rotatable bonds is 1. The second-order valence-corrected chi connectivity index (χ2v) is 2.20. The quantitative estimate of drug-likeness (QED) is 0.631. The second kappa shape index (κ2) is 1.98. The van der Waals surface area contributed by atoms with Crippen molar-refractivity contribution < 1.29 is 19.2 Å². The molecular formula is C6H5NO4. The lowest BCUT2D eigenvalue weighted by Gasteiger charge is -1.86. The fourth-order valence-electron chi connectivity index (χ4n) is 1.05. The largest absolute Gasteiger partial charge is 0.475 e. The van der Waals surface area contributed by atoms with Gasteiger partial charge in [0.05, 0.1) is 12.2 Å². The SMILES string of the molecule is O=C(O)c1onc2c1CCO2. The number of fused-ring (bicyclic) bond motifs is 1. The van der Waals surface area contributed by atoms with Gasteiger partial charge in [-0.3, -0.25) is 0 Å². The van der Waals surface area contributed by atoms with Gasteiger partial charge in [-0.2, -0.15) is 0 Å². The topological polar surface area (TPSA) is 72.6 Å². The maximum atomic E-state index is 10.4. The van der Waals surface area contributed by atoms with Crippen LogP contribution >= 0.6 is 0 Å². The van der Waals surface area contributed by atoms with Crippen molar-refractivity contribution in [1.29, 1.82) is 0 Å². The normalized spacial score (nSPS) is 14.2. The highest BCUT2D eigenvalue weighted by Gasteiger charge is 2.26. The highest BCUT2D eigenvalue weighted by molar-refractivity contribution is 5.86. The molecule has 1 aromatic rings. The summed E-state index contributed by atoms with van der Waals surface area (Å²) in [6, 6.07) is 0. The maximum absolute atomic E-state index is 10.4. The lowest BCUT2D eigenvalue weighted by Crippen LogP contribution is -1.98. The standard InChI is InChI=1S/C6H5NO4/c8-6(9)4-3-1-2-10-5(3)7-11-4/h1-2H2,(H,8,9). The molecule has 0 radical (unpaired) electrons. The van der Waals surface area contributed by atoms with Crippen molar-refractivity contribution in [2.45, 2.75) is 6.42 Å². The predicted octanol–water partition coefficient (Wildman–Crippen LogP) is 0.308. The van der Waals surface area contributed by atoms with Gasteiger partial charge in [-0.15, -0.1) is 0 Å². The Balaban J connectivity index is 2.50. The molecule has 5 nitrogen and oxygen atoms in total. The van der Waals surface area contributed by atoms with Crippen molar-refractivity contribution in [3.8, 4) is 5.88 Å². The summed E-state index contributed by atoms with van der Waals surface area (Å²) in [6.07, 6.45) is 0.570. The van der Waals surface area contributed by atoms with Crippen LogP contribution in [0.4, 0.5) is 0 Å². The zero-order valence-corrected chi connectivity index (χ0v) is 5.53. The lowest BCUT2D eigenvalue weighted by molar-refractivity contribution is 0.0649. The highest BCUT2D eigenvalue weighted by atomic mass is 16.5. The molecule has 0 bridgehead atoms. The third kappa shape index (κ3) is 0.772. The van der Waals surface area contributed by atoms with Crippen molar-refractivity contribution in [2.75, 3.05) is 6.61 Å². The molecule has 0 amide bonds. The molecule has 0 aliphatic carbocycles. The predicted molar refractivity (Wildman–Crippen MR) is 32.7 cm³/mol. The van der Waals surface area contributed by atoms with Gasteiger partial charge in [-0.1, -0.05) is 0 Å². The summed E-state index contributed by atoms with van der Waals surface area (Å²) in [4.78, 5) is 10.4. The summed E-state index contributed by atoms with van der Waals surface area (Å²) < 4.78 is 9.49. The Morgan fingerprint density at radius 3 is 3.18 bits per heavy atom. The van der Waals surface area contributed by atoms with E-state index in [1.165, 1.54) is 0 Å². The monoisotopic (exact) mass is 155 g/mol. The van der Waals surface area contributed by atoms with E-state index in [9.17, 15) is 4.79 Å². The molecule has 2 heterocycles. The molecule has 5 heteroatoms. The van der Waals surface area contributed by atoms with Crippen molar-refractivity contribution >= 4 is 5.97 Å². The number of carbonyl (C=O) groups is 1. The zero-order chi connectivity index (χ0) is 7.84. The minimum Gasteiger partial charge on any atom is -0.475 e. The minimum atomic E-state index is -1.09. The molecule has 1 aliphatic rings. The average molecular weight is 155 g/mol. The molecule has 0 saturated heterocycles. The van der Waals surface area contributed by atoms with Gasteiger partial charge in [0.25, 0.3) is 11.6 Å². The van der Waals surface area contributed by atoms with Crippen LogP contribution in [0, 0.1) is 0 Å². The molecule has 1 aromatic heterocycles. The van der Waals surface area contributed by atoms with E-state index in [0.717, 1.165) is 0 Å². The molecule has 0 aromatic carbocycles. The Morgan fingerprint density at radius 2 is 2.45 bits per heavy atom. The Bertz CT molecular complexity index is 304. The van der Waals surface area contributed by atoms with Gasteiger partial charge in [-0.05, 0) is 5.16 Å². The summed E-state index contributed by atoms with van der Waals surface area (Å²) >= 11 is 0. The third-order valence-corrected chi connectivity index (χ3v) is 1.54. The third-order valence-electron chi connectivity index (χ3n) is 1.54. The fraction of sp³-hybridized carbons (Fsp3) is 0.333. The summed E-state index contributed by atoms with van der Waals surface area (Å²) in [7, 11) is 0. The van der Waals surface area contributed by atoms with E-state index in [2.05, 4.69) is 9.68 Å². The van der Waals surface area contributed by atoms with Crippen LogP contribution < -0.4 is 4.74 Å². The van der Waals surface area contributed by atoms with Crippen molar-refractivity contribution in [3.05, 3.63) is 11.3 Å². The van der Waals surface area contributed by atoms with Gasteiger partial charge in [0, 0.05) is 6.42 Å². The van der Waals surface area contributed by atoms with Crippen LogP contribution in [-0.4, -0.2) is 22.8 Å². The second-order valence-electron chi connectivity index (χ2n) is 2.20. The Hall–Kier alpha value is -1.52. The molecule has 1 aliphatic heterocycles. The molecule has 0 spiro atoms. The van der Waals surface area contributed by atoms with Gasteiger partial charge in [0.1, 0.15) is 0 Å². The van der Waals surface area contributed by atoms with E-state index in [1.807, 2.05) is 0 Å². The van der Waals surface area contributed by atoms with E-state index >= 15 is 0 Å². The number of carboxylic acids is 1. The number of carboxylic acid groups (broad SMARTS) is 1. The summed E-state index contributed by atoms with van der Waals surface area (Å²) in [5, 5.41) is 12.0. The average Bonchev–Trinajstić information content (AvgIpc) is 2.41. The number of ether oxygens (including phenoxy) is 1. The van der Waals surface area contributed by atoms with Gasteiger partial charge >= 0.3 is 5.97 Å². The molecular weight excluding hydrogens is 150 g/mol. The van der Waals surface area contributed by atoms with Gasteiger partial charge in [0.2, 0.25) is 0 Å². The van der Waals surface area contributed by atoms with Gasteiger partial charge in [0.15, 0.2) is 0 Å². The smallest absolute Gasteiger partial charge is 0.375 e. The van der Waals surface area contributed by atoms with Crippen LogP contribution in [0.25, 0.3) is 0 Å². The Morgan fingerprint density at radius 1 is 1.64 bits per heavy atom. The number of aromatic nitrogens is 1. The van der Waals surface area contributed by atoms with Crippen LogP contribution in [0.2, 0.25) is 0 Å². The molecule has 0 unspecified atom stereocenters. The van der Waals surface area contributed by atoms with E-state index < -0.39 is 5.97 Å². The van der Waals surface area contributed by atoms with Crippen LogP contribution in [0.1, 0.15) is 16.1 Å². The van der Waals surface area contributed by atoms with Crippen molar-refractivity contribution in [1.82, 2.24) is 5.16 Å². The molecule has 0 atom stereocenters. The number of aromatic carboxylic acids is 1. The van der Waals surface area contributed by atoms with Crippen molar-refractivity contribution in [2.24, 2.45) is 0 Å². The molecule has 11 heavy (non-hydrogen) atoms. The maximum Gasteiger partial charge on any atom is 0.375 e. The van der Waals surface area contributed by atoms with Crippen LogP contribution in [0.3, 0.4) is 0 Å². The molecule has 0 fully saturated rings. The lowest BCUT2D eigenvalue weighted by atomic mass is 10.2. The molecule has 1 N–H and O–H groups in total.